The summed E-state index contributed by atoms with van der Waals surface area (Å²) in [5.74, 6) is -0.109. The maximum absolute atomic E-state index is 13.6. The van der Waals surface area contributed by atoms with Crippen LogP contribution in [0.3, 0.4) is 0 Å². The number of hydrogen-bond donors (Lipinski definition) is 2. The van der Waals surface area contributed by atoms with Crippen molar-refractivity contribution in [3.63, 3.8) is 0 Å². The second-order valence-corrected chi connectivity index (χ2v) is 12.7. The Balaban J connectivity index is 1.34. The fourth-order valence-corrected chi connectivity index (χ4v) is 5.70. The van der Waals surface area contributed by atoms with Crippen molar-refractivity contribution in [1.82, 2.24) is 24.9 Å². The summed E-state index contributed by atoms with van der Waals surface area (Å²) in [7, 11) is 1.81. The summed E-state index contributed by atoms with van der Waals surface area (Å²) in [6.07, 6.45) is 1.04. The molecule has 3 aromatic rings. The molecular formula is C34H45N7O4. The maximum atomic E-state index is 13.6. The summed E-state index contributed by atoms with van der Waals surface area (Å²) in [4.78, 5) is 45.9. The molecule has 0 aliphatic carbocycles. The zero-order valence-corrected chi connectivity index (χ0v) is 26.8. The van der Waals surface area contributed by atoms with Crippen molar-refractivity contribution < 1.29 is 19.1 Å². The first-order chi connectivity index (χ1) is 21.6. The Kier molecular flexibility index (Phi) is 10.1. The van der Waals surface area contributed by atoms with Crippen LogP contribution in [0, 0.1) is 0 Å². The van der Waals surface area contributed by atoms with E-state index in [1.165, 1.54) is 0 Å². The molecule has 2 aromatic carbocycles. The van der Waals surface area contributed by atoms with Gasteiger partial charge in [-0.15, -0.1) is 0 Å². The molecule has 45 heavy (non-hydrogen) atoms. The molecule has 1 aromatic heterocycles. The lowest BCUT2D eigenvalue weighted by atomic mass is 9.92. The third-order valence-electron chi connectivity index (χ3n) is 8.31. The highest BCUT2D eigenvalue weighted by molar-refractivity contribution is 5.99. The van der Waals surface area contributed by atoms with Crippen molar-refractivity contribution in [2.75, 3.05) is 62.6 Å². The number of aryl methyl sites for hydroxylation is 1. The van der Waals surface area contributed by atoms with E-state index in [1.807, 2.05) is 65.4 Å². The van der Waals surface area contributed by atoms with E-state index in [0.29, 0.717) is 56.2 Å². The molecule has 0 radical (unpaired) electrons. The van der Waals surface area contributed by atoms with Gasteiger partial charge in [0.1, 0.15) is 12.3 Å². The average Bonchev–Trinajstić information content (AvgIpc) is 3.19. The number of aromatic nitrogens is 2. The summed E-state index contributed by atoms with van der Waals surface area (Å²) < 4.78 is 7.20. The first-order valence-electron chi connectivity index (χ1n) is 15.8. The third kappa shape index (κ3) is 8.02. The highest BCUT2D eigenvalue weighted by Crippen LogP contribution is 2.30. The first-order valence-corrected chi connectivity index (χ1v) is 15.8. The number of anilines is 2. The molecule has 2 aliphatic heterocycles. The van der Waals surface area contributed by atoms with E-state index in [9.17, 15) is 14.4 Å². The van der Waals surface area contributed by atoms with Crippen LogP contribution in [-0.4, -0.2) is 89.8 Å². The Bertz CT molecular complexity index is 1490. The number of hydrogen-bond acceptors (Lipinski definition) is 7. The molecule has 2 saturated heterocycles. The number of benzene rings is 2. The van der Waals surface area contributed by atoms with Gasteiger partial charge in [0, 0.05) is 63.8 Å². The van der Waals surface area contributed by atoms with Gasteiger partial charge in [-0.2, -0.15) is 5.10 Å². The van der Waals surface area contributed by atoms with E-state index in [-0.39, 0.29) is 23.8 Å². The van der Waals surface area contributed by atoms with Crippen LogP contribution in [0.1, 0.15) is 65.7 Å². The predicted octanol–water partition coefficient (Wildman–Crippen LogP) is 4.25. The molecule has 2 aliphatic rings. The van der Waals surface area contributed by atoms with Crippen molar-refractivity contribution >= 4 is 29.3 Å². The van der Waals surface area contributed by atoms with Crippen molar-refractivity contribution in [2.45, 2.75) is 45.6 Å². The first kappa shape index (κ1) is 32.0. The molecule has 2 fully saturated rings. The highest BCUT2D eigenvalue weighted by Gasteiger charge is 2.27. The van der Waals surface area contributed by atoms with Crippen LogP contribution < -0.4 is 15.5 Å². The Morgan fingerprint density at radius 1 is 0.867 bits per heavy atom. The number of ether oxygens (including phenoxy) is 1. The smallest absolute Gasteiger partial charge is 0.412 e. The Morgan fingerprint density at radius 2 is 1.62 bits per heavy atom. The number of nitrogens with zero attached hydrogens (tertiary/aromatic N) is 5. The molecule has 0 bridgehead atoms. The number of nitrogens with one attached hydrogen (secondary N) is 2. The van der Waals surface area contributed by atoms with Crippen LogP contribution in [0.15, 0.2) is 54.6 Å². The zero-order chi connectivity index (χ0) is 32.0. The van der Waals surface area contributed by atoms with E-state index in [2.05, 4.69) is 41.4 Å². The van der Waals surface area contributed by atoms with Gasteiger partial charge in [-0.25, -0.2) is 4.79 Å². The number of rotatable bonds is 6. The lowest BCUT2D eigenvalue weighted by Crippen LogP contribution is -2.36. The summed E-state index contributed by atoms with van der Waals surface area (Å²) in [5, 5.41) is 10.8. The number of carbonyl (C=O) groups is 3. The van der Waals surface area contributed by atoms with Gasteiger partial charge in [0.2, 0.25) is 0 Å². The van der Waals surface area contributed by atoms with Crippen LogP contribution in [0.5, 0.6) is 0 Å². The molecule has 240 valence electrons. The SMILES string of the molecule is Cn1nc(C(C)(C)C)cc1C(=O)N1CCCN(c2ccc(C(=O)N3CCCNCC3)cc2NC(=O)OCc2ccccc2)CC1. The van der Waals surface area contributed by atoms with Gasteiger partial charge in [-0.1, -0.05) is 51.1 Å². The monoisotopic (exact) mass is 615 g/mol. The standard InChI is InChI=1S/C34H45N7O4/c1-34(2,3)30-23-29(38(4)37-30)32(43)41-18-9-17-39(20-21-41)28-13-12-26(31(42)40-16-8-14-35-15-19-40)22-27(28)36-33(44)45-24-25-10-6-5-7-11-25/h5-7,10-13,22-23,35H,8-9,14-21,24H2,1-4H3,(H,36,44). The van der Waals surface area contributed by atoms with Crippen LogP contribution >= 0.6 is 0 Å². The largest absolute Gasteiger partial charge is 0.444 e. The summed E-state index contributed by atoms with van der Waals surface area (Å²) in [6.45, 7) is 11.7. The Hall–Kier alpha value is -4.38. The van der Waals surface area contributed by atoms with Crippen molar-refractivity contribution in [1.29, 1.82) is 0 Å². The fourth-order valence-electron chi connectivity index (χ4n) is 5.70. The molecule has 0 unspecified atom stereocenters. The molecule has 11 heteroatoms. The van der Waals surface area contributed by atoms with Crippen LogP contribution in [0.25, 0.3) is 0 Å². The van der Waals surface area contributed by atoms with Crippen LogP contribution in [0.2, 0.25) is 0 Å². The molecule has 3 heterocycles. The van der Waals surface area contributed by atoms with E-state index in [4.69, 9.17) is 4.74 Å². The molecule has 3 amide bonds. The van der Waals surface area contributed by atoms with Gasteiger partial charge in [-0.3, -0.25) is 19.6 Å². The lowest BCUT2D eigenvalue weighted by molar-refractivity contribution is 0.0752. The molecule has 11 nitrogen and oxygen atoms in total. The van der Waals surface area contributed by atoms with Crippen LogP contribution in [0.4, 0.5) is 16.2 Å². The molecule has 0 atom stereocenters. The highest BCUT2D eigenvalue weighted by atomic mass is 16.5. The van der Waals surface area contributed by atoms with E-state index < -0.39 is 6.09 Å². The topological polar surface area (TPSA) is 112 Å². The van der Waals surface area contributed by atoms with Crippen molar-refractivity contribution in [3.05, 3.63) is 77.1 Å². The van der Waals surface area contributed by atoms with Crippen LogP contribution in [-0.2, 0) is 23.8 Å². The summed E-state index contributed by atoms with van der Waals surface area (Å²) >= 11 is 0. The lowest BCUT2D eigenvalue weighted by Gasteiger charge is -2.27. The Morgan fingerprint density at radius 3 is 2.38 bits per heavy atom. The second-order valence-electron chi connectivity index (χ2n) is 12.7. The normalized spacial score (nSPS) is 16.1. The summed E-state index contributed by atoms with van der Waals surface area (Å²) in [5.41, 5.74) is 3.98. The summed E-state index contributed by atoms with van der Waals surface area (Å²) in [6, 6.07) is 16.9. The minimum absolute atomic E-state index is 0.0435. The van der Waals surface area contributed by atoms with Gasteiger partial charge in [0.05, 0.1) is 17.1 Å². The Labute approximate surface area is 265 Å². The molecular weight excluding hydrogens is 570 g/mol. The number of amides is 3. The van der Waals surface area contributed by atoms with E-state index in [0.717, 1.165) is 42.9 Å². The molecule has 5 rings (SSSR count). The third-order valence-corrected chi connectivity index (χ3v) is 8.31. The molecule has 0 saturated carbocycles. The zero-order valence-electron chi connectivity index (χ0n) is 26.8. The van der Waals surface area contributed by atoms with Gasteiger partial charge in [-0.05, 0) is 49.2 Å². The van der Waals surface area contributed by atoms with Crippen molar-refractivity contribution in [3.8, 4) is 0 Å². The minimum Gasteiger partial charge on any atom is -0.444 e. The predicted molar refractivity (Wildman–Crippen MR) is 175 cm³/mol. The molecule has 0 spiro atoms. The van der Waals surface area contributed by atoms with E-state index >= 15 is 0 Å². The van der Waals surface area contributed by atoms with Gasteiger partial charge in [0.15, 0.2) is 0 Å². The minimum atomic E-state index is -0.596. The van der Waals surface area contributed by atoms with E-state index in [1.54, 1.807) is 10.7 Å². The average molecular weight is 616 g/mol. The quantitative estimate of drug-likeness (QED) is 0.426. The van der Waals surface area contributed by atoms with Gasteiger partial charge in [0.25, 0.3) is 11.8 Å². The van der Waals surface area contributed by atoms with Gasteiger partial charge >= 0.3 is 6.09 Å². The maximum Gasteiger partial charge on any atom is 0.412 e. The van der Waals surface area contributed by atoms with Gasteiger partial charge < -0.3 is 24.8 Å². The van der Waals surface area contributed by atoms with Crippen molar-refractivity contribution in [2.24, 2.45) is 7.05 Å². The fraction of sp³-hybridized carbons (Fsp3) is 0.471. The number of carbonyl (C=O) groups excluding carboxylic acids is 3. The second kappa shape index (κ2) is 14.2. The molecule has 2 N–H and O–H groups in total.